The van der Waals surface area contributed by atoms with E-state index >= 15 is 0 Å². The first-order valence-electron chi connectivity index (χ1n) is 22.9. The van der Waals surface area contributed by atoms with Crippen LogP contribution in [0.2, 0.25) is 0 Å². The van der Waals surface area contributed by atoms with Gasteiger partial charge in [-0.05, 0) is 118 Å². The maximum atomic E-state index is 10.7. The molecule has 11 aromatic carbocycles. The molecular weight excluding hydrogens is 825 g/mol. The second-order valence-corrected chi connectivity index (χ2v) is 17.4. The van der Waals surface area contributed by atoms with Crippen LogP contribution in [0.25, 0.3) is 133 Å². The molecule has 0 fully saturated rings. The zero-order valence-corrected chi connectivity index (χ0v) is 36.7. The van der Waals surface area contributed by atoms with Gasteiger partial charge in [-0.3, -0.25) is 0 Å². The summed E-state index contributed by atoms with van der Waals surface area (Å²) in [4.78, 5) is 15.3. The van der Waals surface area contributed by atoms with Gasteiger partial charge in [0.1, 0.15) is 0 Å². The highest BCUT2D eigenvalue weighted by atomic mass is 15.0. The molecule has 0 saturated carbocycles. The molecule has 0 spiro atoms. The molecule has 0 amide bonds. The molecule has 1 aromatic heterocycles. The van der Waals surface area contributed by atoms with Crippen molar-refractivity contribution in [2.75, 3.05) is 0 Å². The third-order valence-electron chi connectivity index (χ3n) is 13.5. The number of nitrogens with zero attached hydrogens (tertiary/aromatic N) is 4. The minimum atomic E-state index is 0.601. The van der Waals surface area contributed by atoms with Crippen LogP contribution in [0, 0.1) is 11.3 Å². The molecule has 0 radical (unpaired) electrons. The van der Waals surface area contributed by atoms with Gasteiger partial charge >= 0.3 is 0 Å². The lowest BCUT2D eigenvalue weighted by atomic mass is 9.87. The van der Waals surface area contributed by atoms with Gasteiger partial charge < -0.3 is 0 Å². The van der Waals surface area contributed by atoms with Crippen molar-refractivity contribution in [3.8, 4) is 107 Å². The van der Waals surface area contributed by atoms with Gasteiger partial charge in [-0.2, -0.15) is 5.26 Å². The molecule has 1 aliphatic rings. The Morgan fingerprint density at radius 3 is 1.49 bits per heavy atom. The van der Waals surface area contributed by atoms with Gasteiger partial charge in [-0.15, -0.1) is 0 Å². The van der Waals surface area contributed by atoms with Gasteiger partial charge in [0.15, 0.2) is 17.5 Å². The van der Waals surface area contributed by atoms with Gasteiger partial charge in [0, 0.05) is 22.3 Å². The second-order valence-electron chi connectivity index (χ2n) is 17.4. The fourth-order valence-electron chi connectivity index (χ4n) is 10.3. The van der Waals surface area contributed by atoms with Crippen LogP contribution in [-0.2, 0) is 0 Å². The van der Waals surface area contributed by atoms with Gasteiger partial charge in [0.25, 0.3) is 0 Å². The lowest BCUT2D eigenvalue weighted by Crippen LogP contribution is -2.00. The van der Waals surface area contributed by atoms with Crippen LogP contribution in [0.15, 0.2) is 231 Å². The van der Waals surface area contributed by atoms with Crippen molar-refractivity contribution in [2.45, 2.75) is 0 Å². The van der Waals surface area contributed by atoms with Crippen LogP contribution < -0.4 is 0 Å². The van der Waals surface area contributed by atoms with Crippen molar-refractivity contribution >= 4 is 32.3 Å². The van der Waals surface area contributed by atoms with Gasteiger partial charge in [-0.1, -0.05) is 206 Å². The topological polar surface area (TPSA) is 62.5 Å². The first-order valence-corrected chi connectivity index (χ1v) is 22.9. The highest BCUT2D eigenvalue weighted by molar-refractivity contribution is 6.16. The average molecular weight is 863 g/mol. The molecule has 1 aliphatic carbocycles. The van der Waals surface area contributed by atoms with E-state index in [1.165, 1.54) is 54.6 Å². The fourth-order valence-corrected chi connectivity index (χ4v) is 10.3. The molecule has 0 atom stereocenters. The van der Waals surface area contributed by atoms with E-state index in [1.54, 1.807) is 0 Å². The number of benzene rings is 11. The number of nitriles is 1. The Morgan fingerprint density at radius 2 is 0.735 bits per heavy atom. The van der Waals surface area contributed by atoms with Crippen molar-refractivity contribution < 1.29 is 0 Å². The minimum Gasteiger partial charge on any atom is -0.208 e. The van der Waals surface area contributed by atoms with Crippen molar-refractivity contribution in [1.29, 1.82) is 5.26 Å². The van der Waals surface area contributed by atoms with Gasteiger partial charge in [0.2, 0.25) is 0 Å². The molecule has 4 nitrogen and oxygen atoms in total. The van der Waals surface area contributed by atoms with E-state index in [1.807, 2.05) is 36.4 Å². The molecule has 68 heavy (non-hydrogen) atoms. The molecule has 12 aromatic rings. The second kappa shape index (κ2) is 16.0. The zero-order valence-electron chi connectivity index (χ0n) is 36.7. The molecule has 0 saturated heterocycles. The lowest BCUT2D eigenvalue weighted by molar-refractivity contribution is 1.07. The molecule has 4 heteroatoms. The van der Waals surface area contributed by atoms with Crippen LogP contribution in [0.1, 0.15) is 5.56 Å². The summed E-state index contributed by atoms with van der Waals surface area (Å²) >= 11 is 0. The molecular formula is C64H38N4. The van der Waals surface area contributed by atoms with Crippen molar-refractivity contribution in [1.82, 2.24) is 15.0 Å². The van der Waals surface area contributed by atoms with Crippen LogP contribution in [0.5, 0.6) is 0 Å². The quantitative estimate of drug-likeness (QED) is 0.150. The standard InChI is InChI=1S/C64H38N4/c65-39-49-37-46(30-32-51(49)52-23-6-7-24-54(52)55-26-12-25-53-50-22-5-4-13-40(50)29-33-56(53)55)44-19-8-18-43(35-44)45-20-9-21-47(36-45)63-66-62(42-14-2-1-3-15-42)67-64(68-63)48-31-34-57-58-27-10-16-41-17-11-28-59(61(41)58)60(57)38-48/h1-38H. The Kier molecular flexibility index (Phi) is 9.20. The molecule has 0 N–H and O–H groups in total. The Hall–Kier alpha value is -9.30. The third kappa shape index (κ3) is 6.56. The molecule has 314 valence electrons. The summed E-state index contributed by atoms with van der Waals surface area (Å²) in [5.74, 6) is 1.84. The smallest absolute Gasteiger partial charge is 0.164 e. The molecule has 13 rings (SSSR count). The first-order chi connectivity index (χ1) is 33.6. The Labute approximate surface area is 393 Å². The highest BCUT2D eigenvalue weighted by Gasteiger charge is 2.23. The summed E-state index contributed by atoms with van der Waals surface area (Å²) in [5.41, 5.74) is 16.5. The summed E-state index contributed by atoms with van der Waals surface area (Å²) in [6.07, 6.45) is 0. The maximum Gasteiger partial charge on any atom is 0.164 e. The minimum absolute atomic E-state index is 0.601. The molecule has 1 heterocycles. The van der Waals surface area contributed by atoms with Gasteiger partial charge in [0.05, 0.1) is 11.6 Å². The van der Waals surface area contributed by atoms with E-state index in [-0.39, 0.29) is 0 Å². The molecule has 0 unspecified atom stereocenters. The zero-order chi connectivity index (χ0) is 45.1. The highest BCUT2D eigenvalue weighted by Crippen LogP contribution is 2.48. The predicted octanol–water partition coefficient (Wildman–Crippen LogP) is 16.5. The van der Waals surface area contributed by atoms with E-state index in [4.69, 9.17) is 15.0 Å². The predicted molar refractivity (Wildman–Crippen MR) is 280 cm³/mol. The lowest BCUT2D eigenvalue weighted by Gasteiger charge is -2.15. The SMILES string of the molecule is N#Cc1cc(-c2cccc(-c3cccc(-c4nc(-c5ccccc5)nc(-c5ccc6c(c5)-c5cccc7cccc-6c57)n4)c3)c2)ccc1-c1ccccc1-c1cccc2c1ccc1ccccc12. The normalized spacial score (nSPS) is 11.5. The third-order valence-corrected chi connectivity index (χ3v) is 13.5. The Morgan fingerprint density at radius 1 is 0.265 bits per heavy atom. The Bertz CT molecular complexity index is 4050. The summed E-state index contributed by atoms with van der Waals surface area (Å²) < 4.78 is 0. The van der Waals surface area contributed by atoms with E-state index < -0.39 is 0 Å². The number of hydrogen-bond donors (Lipinski definition) is 0. The number of hydrogen-bond acceptors (Lipinski definition) is 4. The summed E-state index contributed by atoms with van der Waals surface area (Å²) in [6, 6.07) is 83.4. The molecule has 0 aliphatic heterocycles. The summed E-state index contributed by atoms with van der Waals surface area (Å²) in [5, 5.41) is 18.1. The van der Waals surface area contributed by atoms with E-state index in [0.29, 0.717) is 23.0 Å². The summed E-state index contributed by atoms with van der Waals surface area (Å²) in [7, 11) is 0. The largest absolute Gasteiger partial charge is 0.208 e. The average Bonchev–Trinajstić information content (AvgIpc) is 3.74. The van der Waals surface area contributed by atoms with Crippen molar-refractivity contribution in [2.24, 2.45) is 0 Å². The number of rotatable bonds is 7. The number of aromatic nitrogens is 3. The molecule has 0 bridgehead atoms. The van der Waals surface area contributed by atoms with Crippen LogP contribution >= 0.6 is 0 Å². The summed E-state index contributed by atoms with van der Waals surface area (Å²) in [6.45, 7) is 0. The van der Waals surface area contributed by atoms with Crippen LogP contribution in [0.4, 0.5) is 0 Å². The monoisotopic (exact) mass is 862 g/mol. The van der Waals surface area contributed by atoms with Crippen LogP contribution in [-0.4, -0.2) is 15.0 Å². The first kappa shape index (κ1) is 39.1. The maximum absolute atomic E-state index is 10.7. The van der Waals surface area contributed by atoms with Gasteiger partial charge in [-0.25, -0.2) is 15.0 Å². The van der Waals surface area contributed by atoms with Crippen molar-refractivity contribution in [3.05, 3.63) is 236 Å². The van der Waals surface area contributed by atoms with E-state index in [2.05, 4.69) is 200 Å². The van der Waals surface area contributed by atoms with Crippen LogP contribution in [0.3, 0.4) is 0 Å². The fraction of sp³-hybridized carbons (Fsp3) is 0. The Balaban J connectivity index is 0.856. The van der Waals surface area contributed by atoms with E-state index in [9.17, 15) is 5.26 Å². The van der Waals surface area contributed by atoms with Crippen molar-refractivity contribution in [3.63, 3.8) is 0 Å². The van der Waals surface area contributed by atoms with E-state index in [0.717, 1.165) is 61.2 Å². The number of fused-ring (bicyclic) bond motifs is 6.